The predicted octanol–water partition coefficient (Wildman–Crippen LogP) is 1.45. The van der Waals surface area contributed by atoms with Crippen molar-refractivity contribution in [2.75, 3.05) is 11.9 Å². The quantitative estimate of drug-likeness (QED) is 0.855. The van der Waals surface area contributed by atoms with Crippen molar-refractivity contribution in [2.24, 2.45) is 0 Å². The van der Waals surface area contributed by atoms with E-state index in [1.807, 2.05) is 13.0 Å². The SMILES string of the molecule is Cc1ccnc(NC2CNC(=O)C2)c1Br. The molecule has 2 rings (SSSR count). The van der Waals surface area contributed by atoms with Crippen LogP contribution in [0.15, 0.2) is 16.7 Å². The maximum atomic E-state index is 11.0. The van der Waals surface area contributed by atoms with Gasteiger partial charge in [-0.05, 0) is 34.5 Å². The lowest BCUT2D eigenvalue weighted by Gasteiger charge is -2.13. The molecule has 1 unspecified atom stereocenters. The number of hydrogen-bond acceptors (Lipinski definition) is 3. The Balaban J connectivity index is 2.11. The summed E-state index contributed by atoms with van der Waals surface area (Å²) in [4.78, 5) is 15.2. The van der Waals surface area contributed by atoms with E-state index in [4.69, 9.17) is 0 Å². The van der Waals surface area contributed by atoms with Gasteiger partial charge in [0.05, 0.1) is 10.5 Å². The average molecular weight is 270 g/mol. The van der Waals surface area contributed by atoms with Crippen LogP contribution in [-0.2, 0) is 4.79 Å². The molecule has 4 nitrogen and oxygen atoms in total. The highest BCUT2D eigenvalue weighted by atomic mass is 79.9. The van der Waals surface area contributed by atoms with Crippen molar-refractivity contribution < 1.29 is 4.79 Å². The summed E-state index contributed by atoms with van der Waals surface area (Å²) in [6.45, 7) is 2.68. The molecular weight excluding hydrogens is 258 g/mol. The zero-order chi connectivity index (χ0) is 10.8. The first-order chi connectivity index (χ1) is 7.16. The van der Waals surface area contributed by atoms with Crippen LogP contribution >= 0.6 is 15.9 Å². The van der Waals surface area contributed by atoms with E-state index in [1.165, 1.54) is 0 Å². The molecule has 1 amide bonds. The van der Waals surface area contributed by atoms with E-state index in [0.717, 1.165) is 15.9 Å². The molecule has 1 saturated heterocycles. The number of aromatic nitrogens is 1. The minimum absolute atomic E-state index is 0.0938. The molecule has 0 aliphatic carbocycles. The molecule has 0 saturated carbocycles. The fraction of sp³-hybridized carbons (Fsp3) is 0.400. The average Bonchev–Trinajstić information content (AvgIpc) is 2.59. The second-order valence-corrected chi connectivity index (χ2v) is 4.43. The van der Waals surface area contributed by atoms with Gasteiger partial charge in [-0.3, -0.25) is 4.79 Å². The Hall–Kier alpha value is -1.10. The fourth-order valence-corrected chi connectivity index (χ4v) is 1.89. The van der Waals surface area contributed by atoms with E-state index in [-0.39, 0.29) is 11.9 Å². The van der Waals surface area contributed by atoms with Crippen molar-refractivity contribution in [2.45, 2.75) is 19.4 Å². The number of hydrogen-bond donors (Lipinski definition) is 2. The Labute approximate surface area is 96.6 Å². The van der Waals surface area contributed by atoms with Crippen molar-refractivity contribution in [3.05, 3.63) is 22.3 Å². The van der Waals surface area contributed by atoms with E-state index in [0.29, 0.717) is 13.0 Å². The third kappa shape index (κ3) is 2.28. The summed E-state index contributed by atoms with van der Waals surface area (Å²) in [5.41, 5.74) is 1.13. The number of rotatable bonds is 2. The predicted molar refractivity (Wildman–Crippen MR) is 61.7 cm³/mol. The Morgan fingerprint density at radius 2 is 2.47 bits per heavy atom. The lowest BCUT2D eigenvalue weighted by Crippen LogP contribution is -2.23. The van der Waals surface area contributed by atoms with Crippen molar-refractivity contribution in [3.8, 4) is 0 Å². The number of amides is 1. The number of pyridine rings is 1. The molecule has 2 N–H and O–H groups in total. The molecule has 1 aromatic rings. The summed E-state index contributed by atoms with van der Waals surface area (Å²) in [5.74, 6) is 0.896. The number of carbonyl (C=O) groups is 1. The van der Waals surface area contributed by atoms with E-state index in [2.05, 4.69) is 31.5 Å². The van der Waals surface area contributed by atoms with Crippen LogP contribution in [0.4, 0.5) is 5.82 Å². The molecule has 0 bridgehead atoms. The summed E-state index contributed by atoms with van der Waals surface area (Å²) < 4.78 is 0.962. The first-order valence-electron chi connectivity index (χ1n) is 4.81. The van der Waals surface area contributed by atoms with E-state index >= 15 is 0 Å². The van der Waals surface area contributed by atoms with Crippen molar-refractivity contribution in [1.29, 1.82) is 0 Å². The number of aryl methyl sites for hydroxylation is 1. The summed E-state index contributed by atoms with van der Waals surface area (Å²) in [7, 11) is 0. The van der Waals surface area contributed by atoms with Gasteiger partial charge in [-0.15, -0.1) is 0 Å². The first kappa shape index (κ1) is 10.4. The molecule has 1 fully saturated rings. The number of anilines is 1. The van der Waals surface area contributed by atoms with Gasteiger partial charge in [-0.2, -0.15) is 0 Å². The summed E-state index contributed by atoms with van der Waals surface area (Å²) >= 11 is 3.47. The Kier molecular flexibility index (Phi) is 2.90. The third-order valence-corrected chi connectivity index (χ3v) is 3.40. The van der Waals surface area contributed by atoms with Crippen LogP contribution < -0.4 is 10.6 Å². The highest BCUT2D eigenvalue weighted by Crippen LogP contribution is 2.24. The Bertz CT molecular complexity index is 394. The topological polar surface area (TPSA) is 54.0 Å². The van der Waals surface area contributed by atoms with Crippen LogP contribution in [0.5, 0.6) is 0 Å². The summed E-state index contributed by atoms with van der Waals surface area (Å²) in [5, 5.41) is 6.02. The van der Waals surface area contributed by atoms with E-state index < -0.39 is 0 Å². The molecule has 1 aromatic heterocycles. The highest BCUT2D eigenvalue weighted by molar-refractivity contribution is 9.10. The van der Waals surface area contributed by atoms with Gasteiger partial charge in [0.1, 0.15) is 5.82 Å². The van der Waals surface area contributed by atoms with E-state index in [9.17, 15) is 4.79 Å². The van der Waals surface area contributed by atoms with Gasteiger partial charge in [0.25, 0.3) is 0 Å². The van der Waals surface area contributed by atoms with Gasteiger partial charge in [0, 0.05) is 19.2 Å². The number of carbonyl (C=O) groups excluding carboxylic acids is 1. The minimum atomic E-state index is 0.0938. The van der Waals surface area contributed by atoms with Crippen LogP contribution in [0.25, 0.3) is 0 Å². The third-order valence-electron chi connectivity index (χ3n) is 2.40. The van der Waals surface area contributed by atoms with Gasteiger partial charge in [-0.25, -0.2) is 4.98 Å². The minimum Gasteiger partial charge on any atom is -0.364 e. The maximum absolute atomic E-state index is 11.0. The molecule has 1 aliphatic heterocycles. The van der Waals surface area contributed by atoms with Crippen LogP contribution in [-0.4, -0.2) is 23.5 Å². The van der Waals surface area contributed by atoms with Gasteiger partial charge in [0.15, 0.2) is 0 Å². The smallest absolute Gasteiger partial charge is 0.222 e. The zero-order valence-electron chi connectivity index (χ0n) is 8.38. The van der Waals surface area contributed by atoms with Crippen molar-refractivity contribution in [1.82, 2.24) is 10.3 Å². The van der Waals surface area contributed by atoms with Crippen molar-refractivity contribution >= 4 is 27.7 Å². The summed E-state index contributed by atoms with van der Waals surface area (Å²) in [6.07, 6.45) is 2.27. The highest BCUT2D eigenvalue weighted by Gasteiger charge is 2.22. The number of nitrogens with one attached hydrogen (secondary N) is 2. The van der Waals surface area contributed by atoms with Crippen LogP contribution in [0.1, 0.15) is 12.0 Å². The maximum Gasteiger partial charge on any atom is 0.222 e. The fourth-order valence-electron chi connectivity index (χ4n) is 1.54. The van der Waals surface area contributed by atoms with Crippen LogP contribution in [0.3, 0.4) is 0 Å². The molecule has 1 aliphatic rings. The second-order valence-electron chi connectivity index (χ2n) is 3.64. The van der Waals surface area contributed by atoms with Crippen LogP contribution in [0, 0.1) is 6.92 Å². The molecule has 15 heavy (non-hydrogen) atoms. The van der Waals surface area contributed by atoms with Crippen molar-refractivity contribution in [3.63, 3.8) is 0 Å². The summed E-state index contributed by atoms with van der Waals surface area (Å²) in [6, 6.07) is 2.08. The first-order valence-corrected chi connectivity index (χ1v) is 5.60. The van der Waals surface area contributed by atoms with Gasteiger partial charge >= 0.3 is 0 Å². The normalized spacial score (nSPS) is 20.1. The Morgan fingerprint density at radius 1 is 1.67 bits per heavy atom. The molecule has 0 spiro atoms. The number of nitrogens with zero attached hydrogens (tertiary/aromatic N) is 1. The lowest BCUT2D eigenvalue weighted by molar-refractivity contribution is -0.119. The van der Waals surface area contributed by atoms with Gasteiger partial charge in [-0.1, -0.05) is 0 Å². The molecule has 2 heterocycles. The largest absolute Gasteiger partial charge is 0.364 e. The van der Waals surface area contributed by atoms with Crippen LogP contribution in [0.2, 0.25) is 0 Å². The second kappa shape index (κ2) is 4.18. The van der Waals surface area contributed by atoms with Gasteiger partial charge < -0.3 is 10.6 Å². The molecule has 80 valence electrons. The zero-order valence-corrected chi connectivity index (χ0v) is 9.97. The van der Waals surface area contributed by atoms with Gasteiger partial charge in [0.2, 0.25) is 5.91 Å². The van der Waals surface area contributed by atoms with E-state index in [1.54, 1.807) is 6.20 Å². The molecular formula is C10H12BrN3O. The Morgan fingerprint density at radius 3 is 3.13 bits per heavy atom. The molecule has 0 radical (unpaired) electrons. The monoisotopic (exact) mass is 269 g/mol. The lowest BCUT2D eigenvalue weighted by atomic mass is 10.2. The molecule has 1 atom stereocenters. The standard InChI is InChI=1S/C10H12BrN3O/c1-6-2-3-12-10(9(6)11)14-7-4-8(15)13-5-7/h2-3,7H,4-5H2,1H3,(H,12,14)(H,13,15). The molecule has 0 aromatic carbocycles. The molecule has 5 heteroatoms. The number of halogens is 1.